The summed E-state index contributed by atoms with van der Waals surface area (Å²) in [5.41, 5.74) is 0.715. The summed E-state index contributed by atoms with van der Waals surface area (Å²) in [7, 11) is 1.51. The average molecular weight is 268 g/mol. The number of nitrogens with zero attached hydrogens (tertiary/aromatic N) is 1. The summed E-state index contributed by atoms with van der Waals surface area (Å²) < 4.78 is 2.08. The Balaban J connectivity index is 0.00000108. The zero-order chi connectivity index (χ0) is 11.1. The number of para-hydroxylation sites is 1. The fourth-order valence-electron chi connectivity index (χ4n) is 1.95. The van der Waals surface area contributed by atoms with Crippen LogP contribution in [0.5, 0.6) is 0 Å². The van der Waals surface area contributed by atoms with Crippen molar-refractivity contribution in [2.75, 3.05) is 7.11 Å². The second kappa shape index (κ2) is 4.39. The topological polar surface area (TPSA) is 31.2 Å². The summed E-state index contributed by atoms with van der Waals surface area (Å²) >= 11 is 1.44. The first-order chi connectivity index (χ1) is 7.83. The van der Waals surface area contributed by atoms with Gasteiger partial charge in [0, 0.05) is 10.8 Å². The van der Waals surface area contributed by atoms with E-state index in [4.69, 9.17) is 4.84 Å². The summed E-state index contributed by atoms with van der Waals surface area (Å²) in [6, 6.07) is 9.72. The Morgan fingerprint density at radius 2 is 1.94 bits per heavy atom. The molecule has 3 rings (SSSR count). The third kappa shape index (κ3) is 1.61. The molecule has 0 saturated carbocycles. The number of halogens is 1. The number of rotatable bonds is 1. The van der Waals surface area contributed by atoms with Crippen molar-refractivity contribution in [1.29, 1.82) is 0 Å². The van der Waals surface area contributed by atoms with Crippen LogP contribution in [-0.2, 0) is 0 Å². The molecule has 2 heterocycles. The quantitative estimate of drug-likeness (QED) is 0.679. The molecule has 0 saturated heterocycles. The molecule has 5 heteroatoms. The summed E-state index contributed by atoms with van der Waals surface area (Å²) in [6.07, 6.45) is 0. The molecule has 0 spiro atoms. The van der Waals surface area contributed by atoms with Crippen LogP contribution in [0.3, 0.4) is 0 Å². The highest BCUT2D eigenvalue weighted by Crippen LogP contribution is 2.25. The zero-order valence-electron chi connectivity index (χ0n) is 9.04. The summed E-state index contributed by atoms with van der Waals surface area (Å²) in [5, 5.41) is 3.97. The standard InChI is InChI=1S/C12H9NO2S.ClH/c1-15-13-10-5-3-2-4-8(10)9-6-7-16-11(9)12(13)14;/h2-7H,1H3;1H. The largest absolute Gasteiger partial charge is 0.413 e. The van der Waals surface area contributed by atoms with Crippen molar-refractivity contribution in [2.24, 2.45) is 0 Å². The van der Waals surface area contributed by atoms with Crippen LogP contribution in [0.4, 0.5) is 0 Å². The van der Waals surface area contributed by atoms with Crippen LogP contribution in [0, 0.1) is 0 Å². The maximum atomic E-state index is 12.1. The highest BCUT2D eigenvalue weighted by atomic mass is 35.5. The molecule has 0 atom stereocenters. The van der Waals surface area contributed by atoms with Crippen LogP contribution in [0.25, 0.3) is 21.0 Å². The van der Waals surface area contributed by atoms with Crippen molar-refractivity contribution < 1.29 is 4.84 Å². The molecule has 0 unspecified atom stereocenters. The normalized spacial score (nSPS) is 10.4. The molecule has 17 heavy (non-hydrogen) atoms. The van der Waals surface area contributed by atoms with Crippen molar-refractivity contribution in [3.05, 3.63) is 46.1 Å². The van der Waals surface area contributed by atoms with E-state index in [1.807, 2.05) is 35.7 Å². The molecule has 0 aliphatic carbocycles. The first-order valence-electron chi connectivity index (χ1n) is 4.88. The van der Waals surface area contributed by atoms with Crippen molar-refractivity contribution in [3.8, 4) is 0 Å². The lowest BCUT2D eigenvalue weighted by atomic mass is 10.1. The van der Waals surface area contributed by atoms with E-state index in [-0.39, 0.29) is 18.0 Å². The van der Waals surface area contributed by atoms with E-state index in [0.29, 0.717) is 0 Å². The predicted molar refractivity (Wildman–Crippen MR) is 73.3 cm³/mol. The molecule has 3 aromatic rings. The van der Waals surface area contributed by atoms with Crippen LogP contribution >= 0.6 is 23.7 Å². The SMILES string of the molecule is COn1c(=O)c2sccc2c2ccccc21.Cl. The van der Waals surface area contributed by atoms with Gasteiger partial charge in [-0.15, -0.1) is 28.5 Å². The van der Waals surface area contributed by atoms with E-state index >= 15 is 0 Å². The van der Waals surface area contributed by atoms with E-state index in [1.165, 1.54) is 23.2 Å². The van der Waals surface area contributed by atoms with E-state index in [0.717, 1.165) is 21.0 Å². The second-order valence-corrected chi connectivity index (χ2v) is 4.38. The molecule has 0 bridgehead atoms. The molecule has 0 N–H and O–H groups in total. The highest BCUT2D eigenvalue weighted by molar-refractivity contribution is 7.17. The van der Waals surface area contributed by atoms with Gasteiger partial charge in [-0.1, -0.05) is 18.2 Å². The molecule has 0 aliphatic rings. The lowest BCUT2D eigenvalue weighted by Crippen LogP contribution is -2.24. The van der Waals surface area contributed by atoms with Crippen LogP contribution in [-0.4, -0.2) is 11.8 Å². The van der Waals surface area contributed by atoms with Gasteiger partial charge in [0.25, 0.3) is 0 Å². The molecule has 3 nitrogen and oxygen atoms in total. The minimum atomic E-state index is -0.0915. The zero-order valence-corrected chi connectivity index (χ0v) is 10.7. The molecule has 0 radical (unpaired) electrons. The lowest BCUT2D eigenvalue weighted by Gasteiger charge is -2.08. The van der Waals surface area contributed by atoms with Gasteiger partial charge in [-0.2, -0.15) is 0 Å². The lowest BCUT2D eigenvalue weighted by molar-refractivity contribution is 0.171. The van der Waals surface area contributed by atoms with Crippen LogP contribution in [0.15, 0.2) is 40.5 Å². The number of benzene rings is 1. The van der Waals surface area contributed by atoms with E-state index < -0.39 is 0 Å². The van der Waals surface area contributed by atoms with Crippen molar-refractivity contribution in [1.82, 2.24) is 4.73 Å². The summed E-state index contributed by atoms with van der Waals surface area (Å²) in [6.45, 7) is 0. The molecule has 2 aromatic heterocycles. The van der Waals surface area contributed by atoms with Crippen LogP contribution in [0.1, 0.15) is 0 Å². The van der Waals surface area contributed by atoms with Gasteiger partial charge in [0.05, 0.1) is 5.52 Å². The number of hydrogen-bond acceptors (Lipinski definition) is 3. The fourth-order valence-corrected chi connectivity index (χ4v) is 2.78. The number of fused-ring (bicyclic) bond motifs is 3. The molecule has 1 aromatic carbocycles. The maximum absolute atomic E-state index is 12.1. The van der Waals surface area contributed by atoms with Gasteiger partial charge in [0.2, 0.25) is 0 Å². The Morgan fingerprint density at radius 3 is 2.71 bits per heavy atom. The van der Waals surface area contributed by atoms with Crippen molar-refractivity contribution in [2.45, 2.75) is 0 Å². The smallest absolute Gasteiger partial charge is 0.301 e. The molecule has 0 aliphatic heterocycles. The third-order valence-electron chi connectivity index (χ3n) is 2.64. The van der Waals surface area contributed by atoms with Gasteiger partial charge in [-0.3, -0.25) is 4.79 Å². The minimum Gasteiger partial charge on any atom is -0.413 e. The monoisotopic (exact) mass is 267 g/mol. The van der Waals surface area contributed by atoms with Gasteiger partial charge in [0.1, 0.15) is 11.8 Å². The molecular formula is C12H10ClNO2S. The van der Waals surface area contributed by atoms with E-state index in [1.54, 1.807) is 0 Å². The number of thiophene rings is 1. The maximum Gasteiger partial charge on any atom is 0.301 e. The van der Waals surface area contributed by atoms with Gasteiger partial charge < -0.3 is 4.84 Å². The summed E-state index contributed by atoms with van der Waals surface area (Å²) in [4.78, 5) is 17.2. The number of aromatic nitrogens is 1. The van der Waals surface area contributed by atoms with Gasteiger partial charge in [0.15, 0.2) is 0 Å². The Morgan fingerprint density at radius 1 is 1.18 bits per heavy atom. The van der Waals surface area contributed by atoms with Crippen molar-refractivity contribution in [3.63, 3.8) is 0 Å². The number of pyridine rings is 1. The number of hydrogen-bond donors (Lipinski definition) is 0. The van der Waals surface area contributed by atoms with Gasteiger partial charge in [-0.25, -0.2) is 0 Å². The Hall–Kier alpha value is -1.52. The first-order valence-corrected chi connectivity index (χ1v) is 5.76. The minimum absolute atomic E-state index is 0. The van der Waals surface area contributed by atoms with E-state index in [2.05, 4.69) is 0 Å². The molecule has 88 valence electrons. The third-order valence-corrected chi connectivity index (χ3v) is 3.54. The van der Waals surface area contributed by atoms with Crippen LogP contribution < -0.4 is 10.4 Å². The highest BCUT2D eigenvalue weighted by Gasteiger charge is 2.10. The molecule has 0 amide bonds. The first kappa shape index (κ1) is 12.0. The van der Waals surface area contributed by atoms with Gasteiger partial charge >= 0.3 is 5.56 Å². The van der Waals surface area contributed by atoms with Gasteiger partial charge in [-0.05, 0) is 17.5 Å². The predicted octanol–water partition coefficient (Wildman–Crippen LogP) is 2.70. The summed E-state index contributed by atoms with van der Waals surface area (Å²) in [5.74, 6) is 0. The average Bonchev–Trinajstić information content (AvgIpc) is 2.79. The Bertz CT molecular complexity index is 732. The van der Waals surface area contributed by atoms with Crippen molar-refractivity contribution >= 4 is 44.7 Å². The molecular weight excluding hydrogens is 258 g/mol. The fraction of sp³-hybridized carbons (Fsp3) is 0.0833. The molecule has 0 fully saturated rings. The Kier molecular flexibility index (Phi) is 3.09. The Labute approximate surface area is 108 Å². The van der Waals surface area contributed by atoms with Crippen LogP contribution in [0.2, 0.25) is 0 Å². The van der Waals surface area contributed by atoms with E-state index in [9.17, 15) is 4.79 Å². The second-order valence-electron chi connectivity index (χ2n) is 3.46.